The molecule has 0 saturated carbocycles. The van der Waals surface area contributed by atoms with Crippen LogP contribution in [0.1, 0.15) is 12.8 Å². The van der Waals surface area contributed by atoms with E-state index in [1.807, 2.05) is 24.3 Å². The van der Waals surface area contributed by atoms with Gasteiger partial charge in [0, 0.05) is 0 Å². The average molecular weight is 280 g/mol. The van der Waals surface area contributed by atoms with Gasteiger partial charge in [0.2, 0.25) is 0 Å². The second-order valence-corrected chi connectivity index (χ2v) is 2.50. The Morgan fingerprint density at radius 3 is 1.18 bits per heavy atom. The third-order valence-electron chi connectivity index (χ3n) is 1.17. The van der Waals surface area contributed by atoms with Gasteiger partial charge < -0.3 is 24.7 Å². The first-order valence-electron chi connectivity index (χ1n) is 4.31. The molecule has 0 nitrogen and oxygen atoms in total. The van der Waals surface area contributed by atoms with E-state index in [2.05, 4.69) is 24.3 Å². The Morgan fingerprint density at radius 1 is 0.824 bits per heavy atom. The fraction of sp³-hybridized carbons (Fsp3) is 0.182. The van der Waals surface area contributed by atoms with Crippen LogP contribution in [0.4, 0.5) is 17.3 Å². The summed E-state index contributed by atoms with van der Waals surface area (Å²) in [4.78, 5) is 0. The maximum Gasteiger partial charge on any atom is 4.00 e. The molecule has 17 heavy (non-hydrogen) atoms. The van der Waals surface area contributed by atoms with E-state index in [1.54, 1.807) is 0 Å². The molecule has 0 fully saturated rings. The SMILES string of the molecule is F[B-](F)(F)F.[C-]1=CC=CC1.[C-]1=CC=CC1.[CH3-].[Ti+4]. The molecule has 0 aromatic rings. The molecule has 0 aliphatic heterocycles. The maximum atomic E-state index is 9.75. The van der Waals surface area contributed by atoms with Gasteiger partial charge in [0.25, 0.3) is 0 Å². The summed E-state index contributed by atoms with van der Waals surface area (Å²) in [6, 6.07) is 0. The molecule has 0 aromatic carbocycles. The standard InChI is InChI=1S/2C5H5.CH3.BF4.Ti/c2*1-2-4-5-3-1;;2-1(3,4)5;/h2*1-3H,4H2;1H3;;/q4*-1;+4. The molecular weight excluding hydrogens is 267 g/mol. The Labute approximate surface area is 115 Å². The predicted molar refractivity (Wildman–Crippen MR) is 59.7 cm³/mol. The molecule has 0 atom stereocenters. The first kappa shape index (κ1) is 21.7. The number of hydrogen-bond donors (Lipinski definition) is 0. The van der Waals surface area contributed by atoms with Crippen LogP contribution in [0.3, 0.4) is 0 Å². The predicted octanol–water partition coefficient (Wildman–Crippen LogP) is 4.36. The first-order chi connectivity index (χ1) is 7.00. The number of hydrogen-bond acceptors (Lipinski definition) is 0. The molecule has 0 amide bonds. The third kappa shape index (κ3) is 31.3. The third-order valence-corrected chi connectivity index (χ3v) is 1.17. The Hall–Kier alpha value is -0.541. The van der Waals surface area contributed by atoms with Gasteiger partial charge >= 0.3 is 29.0 Å². The molecule has 92 valence electrons. The summed E-state index contributed by atoms with van der Waals surface area (Å²) in [5.41, 5.74) is 0. The van der Waals surface area contributed by atoms with Gasteiger partial charge in [0.05, 0.1) is 0 Å². The molecule has 0 aromatic heterocycles. The van der Waals surface area contributed by atoms with E-state index in [0.29, 0.717) is 0 Å². The summed E-state index contributed by atoms with van der Waals surface area (Å²) in [5.74, 6) is 0. The molecule has 0 N–H and O–H groups in total. The van der Waals surface area contributed by atoms with Crippen molar-refractivity contribution in [1.82, 2.24) is 0 Å². The molecule has 0 heterocycles. The quantitative estimate of drug-likeness (QED) is 0.351. The summed E-state index contributed by atoms with van der Waals surface area (Å²) in [7, 11) is -6.00. The second kappa shape index (κ2) is 13.5. The van der Waals surface area contributed by atoms with E-state index in [1.165, 1.54) is 0 Å². The summed E-state index contributed by atoms with van der Waals surface area (Å²) in [6.45, 7) is 0. The van der Waals surface area contributed by atoms with Gasteiger partial charge in [-0.05, 0) is 0 Å². The topological polar surface area (TPSA) is 0 Å². The number of halogens is 4. The normalized spacial score (nSPS) is 13.9. The molecule has 6 heteroatoms. The zero-order chi connectivity index (χ0) is 11.6. The van der Waals surface area contributed by atoms with E-state index in [4.69, 9.17) is 0 Å². The smallest absolute Gasteiger partial charge is 0.418 e. The minimum absolute atomic E-state index is 0. The van der Waals surface area contributed by atoms with Crippen molar-refractivity contribution >= 4 is 7.25 Å². The van der Waals surface area contributed by atoms with E-state index in [9.17, 15) is 17.3 Å². The fourth-order valence-electron chi connectivity index (χ4n) is 0.680. The van der Waals surface area contributed by atoms with Crippen molar-refractivity contribution in [2.24, 2.45) is 0 Å². The number of rotatable bonds is 0. The number of allylic oxidation sites excluding steroid dienone is 8. The van der Waals surface area contributed by atoms with Crippen LogP contribution in [0.15, 0.2) is 36.5 Å². The molecule has 2 aliphatic rings. The van der Waals surface area contributed by atoms with E-state index >= 15 is 0 Å². The minimum atomic E-state index is -6.00. The van der Waals surface area contributed by atoms with Crippen LogP contribution in [0.25, 0.3) is 0 Å². The van der Waals surface area contributed by atoms with Crippen molar-refractivity contribution in [1.29, 1.82) is 0 Å². The van der Waals surface area contributed by atoms with Crippen LogP contribution in [0, 0.1) is 19.6 Å². The van der Waals surface area contributed by atoms with Gasteiger partial charge in [-0.1, -0.05) is 0 Å². The van der Waals surface area contributed by atoms with Crippen LogP contribution < -0.4 is 0 Å². The summed E-state index contributed by atoms with van der Waals surface area (Å²) in [5, 5.41) is 0. The Balaban J connectivity index is -0.000000163. The fourth-order valence-corrected chi connectivity index (χ4v) is 0.680. The maximum absolute atomic E-state index is 9.75. The van der Waals surface area contributed by atoms with Crippen molar-refractivity contribution in [3.63, 3.8) is 0 Å². The molecule has 2 aliphatic carbocycles. The largest absolute Gasteiger partial charge is 4.00 e. The van der Waals surface area contributed by atoms with Crippen LogP contribution in [0.2, 0.25) is 0 Å². The van der Waals surface area contributed by atoms with Gasteiger partial charge in [-0.2, -0.15) is 12.2 Å². The summed E-state index contributed by atoms with van der Waals surface area (Å²) >= 11 is 0. The molecule has 0 unspecified atom stereocenters. The Bertz CT molecular complexity index is 219. The Kier molecular flexibility index (Phi) is 17.3. The molecule has 0 saturated heterocycles. The van der Waals surface area contributed by atoms with E-state index in [-0.39, 0.29) is 29.1 Å². The molecule has 0 bridgehead atoms. The van der Waals surface area contributed by atoms with Gasteiger partial charge in [-0.25, -0.2) is 24.3 Å². The van der Waals surface area contributed by atoms with Crippen LogP contribution in [-0.2, 0) is 21.7 Å². The molecular formula is C11H13BF4Ti. The van der Waals surface area contributed by atoms with Crippen LogP contribution >= 0.6 is 0 Å². The van der Waals surface area contributed by atoms with Crippen molar-refractivity contribution in [3.8, 4) is 0 Å². The van der Waals surface area contributed by atoms with Crippen LogP contribution in [-0.4, -0.2) is 7.25 Å². The van der Waals surface area contributed by atoms with Gasteiger partial charge in [0.1, 0.15) is 0 Å². The second-order valence-electron chi connectivity index (χ2n) is 2.50. The van der Waals surface area contributed by atoms with E-state index in [0.717, 1.165) is 12.8 Å². The zero-order valence-corrected chi connectivity index (χ0v) is 11.0. The van der Waals surface area contributed by atoms with Crippen LogP contribution in [0.5, 0.6) is 0 Å². The van der Waals surface area contributed by atoms with Crippen molar-refractivity contribution in [3.05, 3.63) is 56.0 Å². The average Bonchev–Trinajstić information content (AvgIpc) is 2.81. The molecule has 0 radical (unpaired) electrons. The minimum Gasteiger partial charge on any atom is -0.418 e. The van der Waals surface area contributed by atoms with Crippen molar-refractivity contribution < 1.29 is 39.0 Å². The van der Waals surface area contributed by atoms with Crippen molar-refractivity contribution in [2.75, 3.05) is 0 Å². The summed E-state index contributed by atoms with van der Waals surface area (Å²) < 4.78 is 39.0. The summed E-state index contributed by atoms with van der Waals surface area (Å²) in [6.07, 6.45) is 20.0. The van der Waals surface area contributed by atoms with Gasteiger partial charge in [0.15, 0.2) is 0 Å². The Morgan fingerprint density at radius 2 is 1.12 bits per heavy atom. The molecule has 2 rings (SSSR count). The molecule has 0 spiro atoms. The van der Waals surface area contributed by atoms with Gasteiger partial charge in [-0.15, -0.1) is 12.8 Å². The first-order valence-corrected chi connectivity index (χ1v) is 4.31. The zero-order valence-electron chi connectivity index (χ0n) is 9.47. The van der Waals surface area contributed by atoms with E-state index < -0.39 is 7.25 Å². The van der Waals surface area contributed by atoms with Crippen molar-refractivity contribution in [2.45, 2.75) is 12.8 Å². The van der Waals surface area contributed by atoms with Gasteiger partial charge in [-0.3, -0.25) is 12.2 Å². The monoisotopic (exact) mass is 280 g/mol.